The number of allylic oxidation sites excluding steroid dienone is 1. The Bertz CT molecular complexity index is 2140. The molecule has 0 aromatic carbocycles. The molecule has 0 saturated carbocycles. The zero-order valence-corrected chi connectivity index (χ0v) is 42.1. The van der Waals surface area contributed by atoms with Crippen molar-refractivity contribution < 1.29 is 181 Å². The minimum Gasteiger partial charge on any atom is -0.463 e. The van der Waals surface area contributed by atoms with Gasteiger partial charge in [-0.3, -0.25) is 0 Å². The fraction of sp³-hybridized carbons (Fsp3) is 0.930. The van der Waals surface area contributed by atoms with Crippen LogP contribution in [-0.4, -0.2) is 125 Å². The summed E-state index contributed by atoms with van der Waals surface area (Å²) in [5, 5.41) is 0. The van der Waals surface area contributed by atoms with Crippen molar-refractivity contribution in [2.75, 3.05) is 6.61 Å². The minimum atomic E-state index is -10.6. The number of carbonyl (C=O) groups excluding carboxylic acids is 1. The summed E-state index contributed by atoms with van der Waals surface area (Å²) in [7, 11) is 0. The van der Waals surface area contributed by atoms with Gasteiger partial charge in [0, 0.05) is 11.6 Å². The highest BCUT2D eigenvalue weighted by molar-refractivity contribution is 5.88. The zero-order valence-electron chi connectivity index (χ0n) is 42.1. The number of esters is 1. The molecule has 41 heteroatoms. The van der Waals surface area contributed by atoms with E-state index in [0.29, 0.717) is 19.3 Å². The van der Waals surface area contributed by atoms with Gasteiger partial charge in [0.05, 0.1) is 6.61 Å². The standard InChI is InChI=1S/C43H45F39O2/c1-3-5-6-7-8-9-10-11-12-13-14-15-16-17-18-19-20-21-23(24(83)84-4-2)22-25(44,45)26(46,47)27(48,49)28(50,51)29(52,53)30(54,55)31(56,57)32(58,59)33(60,61)34(62,63)35(64,65)36(66,67)37(68,69)38(70,71)39(72,73)40(74,75)41(76,77)42(78,79)43(80,81)82/h22H,3-21H2,1-2H3. The predicted octanol–water partition coefficient (Wildman–Crippen LogP) is 20.5. The van der Waals surface area contributed by atoms with E-state index >= 15 is 0 Å². The molecule has 0 aliphatic rings. The maximum absolute atomic E-state index is 14.9. The number of carbonyl (C=O) groups is 1. The lowest BCUT2D eigenvalue weighted by Crippen LogP contribution is -2.80. The van der Waals surface area contributed by atoms with Gasteiger partial charge in [-0.2, -0.15) is 171 Å². The SMILES string of the molecule is CCCCCCCCCCCCCCCCCCCC(=CC(F)(F)C(F)(F)C(F)(F)C(F)(F)C(F)(F)C(F)(F)C(F)(F)C(F)(F)C(F)(F)C(F)(F)C(F)(F)C(F)(F)C(F)(F)C(F)(F)C(F)(F)C(F)(F)C(F)(F)C(F)(F)C(F)(F)F)C(=O)OCC. The normalized spacial score (nSPS) is 16.0. The van der Waals surface area contributed by atoms with Gasteiger partial charge in [-0.25, -0.2) is 4.79 Å². The fourth-order valence-corrected chi connectivity index (χ4v) is 7.15. The maximum Gasteiger partial charge on any atom is 0.460 e. The van der Waals surface area contributed by atoms with E-state index < -0.39 is 150 Å². The lowest BCUT2D eigenvalue weighted by molar-refractivity contribution is -0.494. The molecule has 502 valence electrons. The van der Waals surface area contributed by atoms with Crippen molar-refractivity contribution in [1.29, 1.82) is 0 Å². The first-order valence-electron chi connectivity index (χ1n) is 23.7. The molecule has 2 nitrogen and oxygen atoms in total. The highest BCUT2D eigenvalue weighted by Gasteiger charge is 3.03. The Morgan fingerprint density at radius 1 is 0.262 bits per heavy atom. The van der Waals surface area contributed by atoms with E-state index in [2.05, 4.69) is 11.7 Å². The number of hydrogen-bond donors (Lipinski definition) is 0. The monoisotopic (exact) mass is 1330 g/mol. The van der Waals surface area contributed by atoms with Crippen LogP contribution in [0.3, 0.4) is 0 Å². The third-order valence-corrected chi connectivity index (χ3v) is 12.5. The second-order valence-corrected chi connectivity index (χ2v) is 18.7. The van der Waals surface area contributed by atoms with Gasteiger partial charge in [0.15, 0.2) is 0 Å². The van der Waals surface area contributed by atoms with E-state index in [0.717, 1.165) is 77.6 Å². The molecular formula is C43H45F39O2. The first kappa shape index (κ1) is 80.5. The van der Waals surface area contributed by atoms with E-state index in [1.807, 2.05) is 0 Å². The van der Waals surface area contributed by atoms with E-state index in [1.165, 1.54) is 0 Å². The molecule has 84 heavy (non-hydrogen) atoms. The van der Waals surface area contributed by atoms with Crippen LogP contribution in [0.25, 0.3) is 0 Å². The van der Waals surface area contributed by atoms with Crippen molar-refractivity contribution >= 4 is 5.97 Å². The molecule has 0 aliphatic heterocycles. The predicted molar refractivity (Wildman–Crippen MR) is 209 cm³/mol. The van der Waals surface area contributed by atoms with Gasteiger partial charge in [0.2, 0.25) is 0 Å². The van der Waals surface area contributed by atoms with Gasteiger partial charge in [-0.1, -0.05) is 110 Å². The van der Waals surface area contributed by atoms with Crippen molar-refractivity contribution in [3.05, 3.63) is 11.6 Å². The number of hydrogen-bond acceptors (Lipinski definition) is 2. The van der Waals surface area contributed by atoms with Crippen LogP contribution in [0.1, 0.15) is 129 Å². The van der Waals surface area contributed by atoms with Crippen molar-refractivity contribution in [3.63, 3.8) is 0 Å². The average molecular weight is 1330 g/mol. The number of alkyl halides is 39. The van der Waals surface area contributed by atoms with E-state index in [4.69, 9.17) is 0 Å². The third kappa shape index (κ3) is 13.1. The summed E-state index contributed by atoms with van der Waals surface area (Å²) >= 11 is 0. The molecule has 0 heterocycles. The molecule has 0 aliphatic carbocycles. The van der Waals surface area contributed by atoms with Crippen LogP contribution in [0.15, 0.2) is 11.6 Å². The number of halogens is 39. The van der Waals surface area contributed by atoms with Crippen molar-refractivity contribution in [3.8, 4) is 0 Å². The van der Waals surface area contributed by atoms with Crippen LogP contribution in [0, 0.1) is 0 Å². The summed E-state index contributed by atoms with van der Waals surface area (Å²) in [4.78, 5) is 12.2. The number of rotatable bonds is 38. The van der Waals surface area contributed by atoms with Gasteiger partial charge >= 0.3 is 119 Å². The van der Waals surface area contributed by atoms with Crippen LogP contribution in [0.2, 0.25) is 0 Å². The lowest BCUT2D eigenvalue weighted by atomic mass is 9.82. The Morgan fingerprint density at radius 3 is 0.631 bits per heavy atom. The summed E-state index contributed by atoms with van der Waals surface area (Å²) < 4.78 is 553. The smallest absolute Gasteiger partial charge is 0.460 e. The van der Waals surface area contributed by atoms with Crippen molar-refractivity contribution in [2.45, 2.75) is 242 Å². The molecule has 0 rings (SSSR count). The minimum absolute atomic E-state index is 0.0923. The quantitative estimate of drug-likeness (QED) is 0.0267. The molecule has 0 atom stereocenters. The van der Waals surface area contributed by atoms with E-state index in [9.17, 15) is 176 Å². The molecule has 0 aromatic heterocycles. The Labute approximate surface area is 447 Å². The Hall–Kier alpha value is -3.52. The fourth-order valence-electron chi connectivity index (χ4n) is 7.15. The van der Waals surface area contributed by atoms with Crippen LogP contribution < -0.4 is 0 Å². The lowest BCUT2D eigenvalue weighted by Gasteiger charge is -2.47. The highest BCUT2D eigenvalue weighted by Crippen LogP contribution is 2.71. The van der Waals surface area contributed by atoms with Gasteiger partial charge in [-0.15, -0.1) is 0 Å². The average Bonchev–Trinajstić information content (AvgIpc) is 2.02. The molecule has 0 bridgehead atoms. The topological polar surface area (TPSA) is 26.3 Å². The molecule has 0 saturated heterocycles. The van der Waals surface area contributed by atoms with E-state index in [-0.39, 0.29) is 12.8 Å². The Morgan fingerprint density at radius 2 is 0.440 bits per heavy atom. The number of ether oxygens (including phenoxy) is 1. The molecule has 0 N–H and O–H groups in total. The van der Waals surface area contributed by atoms with Crippen LogP contribution in [0.4, 0.5) is 171 Å². The third-order valence-electron chi connectivity index (χ3n) is 12.5. The molecule has 0 amide bonds. The molecule has 0 radical (unpaired) electrons. The molecule has 0 unspecified atom stereocenters. The summed E-state index contributed by atoms with van der Waals surface area (Å²) in [5.74, 6) is -180. The molecule has 0 spiro atoms. The van der Waals surface area contributed by atoms with Crippen molar-refractivity contribution in [2.24, 2.45) is 0 Å². The van der Waals surface area contributed by atoms with Crippen LogP contribution >= 0.6 is 0 Å². The second kappa shape index (κ2) is 25.9. The first-order chi connectivity index (χ1) is 36.9. The van der Waals surface area contributed by atoms with Crippen LogP contribution in [0.5, 0.6) is 0 Å². The summed E-state index contributed by atoms with van der Waals surface area (Å²) in [5.41, 5.74) is -2.02. The van der Waals surface area contributed by atoms with Gasteiger partial charge in [0.25, 0.3) is 0 Å². The number of unbranched alkanes of at least 4 members (excludes halogenated alkanes) is 16. The summed E-state index contributed by atoms with van der Waals surface area (Å²) in [6.45, 7) is 1.87. The highest BCUT2D eigenvalue weighted by atomic mass is 19.4. The Kier molecular flexibility index (Phi) is 24.8. The van der Waals surface area contributed by atoms with Gasteiger partial charge in [-0.05, 0) is 19.8 Å². The first-order valence-corrected chi connectivity index (χ1v) is 23.7. The largest absolute Gasteiger partial charge is 0.463 e. The van der Waals surface area contributed by atoms with E-state index in [1.54, 1.807) is 0 Å². The Balaban J connectivity index is 7.14. The van der Waals surface area contributed by atoms with Crippen LogP contribution in [-0.2, 0) is 9.53 Å². The summed E-state index contributed by atoms with van der Waals surface area (Å²) in [6, 6.07) is 0. The zero-order chi connectivity index (χ0) is 67.5. The molecule has 0 aromatic rings. The second-order valence-electron chi connectivity index (χ2n) is 18.7. The van der Waals surface area contributed by atoms with Gasteiger partial charge < -0.3 is 4.74 Å². The van der Waals surface area contributed by atoms with Gasteiger partial charge in [0.1, 0.15) is 0 Å². The molecule has 0 fully saturated rings. The van der Waals surface area contributed by atoms with Crippen molar-refractivity contribution in [1.82, 2.24) is 0 Å². The maximum atomic E-state index is 14.9. The molecular weight excluding hydrogens is 1290 g/mol. The summed E-state index contributed by atoms with van der Waals surface area (Å²) in [6.07, 6.45) is -0.206.